The van der Waals surface area contributed by atoms with Crippen LogP contribution in [0.2, 0.25) is 0 Å². The summed E-state index contributed by atoms with van der Waals surface area (Å²) in [6, 6.07) is 72.8. The molecule has 3 aliphatic carbocycles. The fourth-order valence-corrected chi connectivity index (χ4v) is 17.8. The van der Waals surface area contributed by atoms with Gasteiger partial charge in [-0.3, -0.25) is 0 Å². The summed E-state index contributed by atoms with van der Waals surface area (Å²) < 4.78 is 0. The lowest BCUT2D eigenvalue weighted by Crippen LogP contribution is -2.62. The fraction of sp³-hybridized carbons (Fsp3) is 0.372. The molecule has 0 radical (unpaired) electrons. The van der Waals surface area contributed by atoms with Gasteiger partial charge in [-0.25, -0.2) is 0 Å². The van der Waals surface area contributed by atoms with Crippen LogP contribution in [-0.2, 0) is 37.9 Å². The van der Waals surface area contributed by atoms with Crippen LogP contribution in [0.1, 0.15) is 201 Å². The Hall–Kier alpha value is -7.56. The van der Waals surface area contributed by atoms with Crippen molar-refractivity contribution in [2.45, 2.75) is 206 Å². The monoisotopic (exact) mass is 1180 g/mol. The summed E-state index contributed by atoms with van der Waals surface area (Å²) in [4.78, 5) is 8.39. The lowest BCUT2D eigenvalue weighted by Gasteiger charge is -2.51. The van der Waals surface area contributed by atoms with E-state index in [1.165, 1.54) is 153 Å². The number of rotatable bonds is 6. The standard InChI is InChI=1S/C86H94BN3/c1-79(2,3)60-33-29-56(30-34-60)58-31-38-73-69(47-58)85(15)41-23-24-42-86(85,16)90(73)63-51-76-78-77(52-63)89(72-40-35-61(80(4,5)6)49-64(72)57-27-21-18-22-28-57)75-54-68-67(83(11,12)45-46-84(68,13)14)53-71(75)87(78)70-48-59(55-25-19-17-20-26-55)32-39-74(70)88(76)62-36-37-65-66(50-62)82(9,10)44-43-81(65,7)8/h17-22,25-40,47-54H,23-24,41-46H2,1-16H3. The minimum Gasteiger partial charge on any atom is -0.334 e. The molecule has 9 aromatic carbocycles. The summed E-state index contributed by atoms with van der Waals surface area (Å²) in [6.45, 7) is 39.2. The van der Waals surface area contributed by atoms with Gasteiger partial charge < -0.3 is 14.7 Å². The van der Waals surface area contributed by atoms with Gasteiger partial charge in [-0.1, -0.05) is 238 Å². The number of hydrogen-bond acceptors (Lipinski definition) is 3. The summed E-state index contributed by atoms with van der Waals surface area (Å²) in [5.74, 6) is 0. The molecule has 0 aromatic heterocycles. The van der Waals surface area contributed by atoms with Crippen molar-refractivity contribution in [2.75, 3.05) is 14.7 Å². The molecule has 6 aliphatic rings. The second-order valence-corrected chi connectivity index (χ2v) is 33.4. The van der Waals surface area contributed by atoms with Crippen molar-refractivity contribution in [2.24, 2.45) is 0 Å². The fourth-order valence-electron chi connectivity index (χ4n) is 17.8. The average Bonchev–Trinajstić information content (AvgIpc) is 1.04. The maximum atomic E-state index is 2.87. The summed E-state index contributed by atoms with van der Waals surface area (Å²) in [5.41, 5.74) is 31.6. The van der Waals surface area contributed by atoms with Crippen LogP contribution in [0.25, 0.3) is 33.4 Å². The van der Waals surface area contributed by atoms with E-state index in [0.29, 0.717) is 0 Å². The largest absolute Gasteiger partial charge is 0.334 e. The molecule has 0 N–H and O–H groups in total. The molecular formula is C86H94BN3. The summed E-state index contributed by atoms with van der Waals surface area (Å²) in [6.07, 6.45) is 9.26. The second kappa shape index (κ2) is 20.0. The van der Waals surface area contributed by atoms with Gasteiger partial charge in [0.25, 0.3) is 6.71 Å². The van der Waals surface area contributed by atoms with Crippen molar-refractivity contribution in [1.29, 1.82) is 0 Å². The van der Waals surface area contributed by atoms with Crippen LogP contribution < -0.4 is 31.1 Å². The Bertz CT molecular complexity index is 4380. The van der Waals surface area contributed by atoms with Crippen LogP contribution in [0, 0.1) is 0 Å². The van der Waals surface area contributed by atoms with Gasteiger partial charge in [-0.15, -0.1) is 0 Å². The van der Waals surface area contributed by atoms with E-state index in [9.17, 15) is 0 Å². The molecule has 3 heterocycles. The lowest BCUT2D eigenvalue weighted by atomic mass is 9.33. The van der Waals surface area contributed by atoms with E-state index in [4.69, 9.17) is 0 Å². The zero-order chi connectivity index (χ0) is 63.0. The highest BCUT2D eigenvalue weighted by Gasteiger charge is 2.58. The zero-order valence-electron chi connectivity index (χ0n) is 56.9. The Morgan fingerprint density at radius 1 is 0.333 bits per heavy atom. The van der Waals surface area contributed by atoms with Crippen molar-refractivity contribution in [3.63, 3.8) is 0 Å². The van der Waals surface area contributed by atoms with E-state index < -0.39 is 0 Å². The molecule has 90 heavy (non-hydrogen) atoms. The van der Waals surface area contributed by atoms with Crippen LogP contribution in [-0.4, -0.2) is 12.3 Å². The van der Waals surface area contributed by atoms with Crippen LogP contribution in [0.15, 0.2) is 182 Å². The summed E-state index contributed by atoms with van der Waals surface area (Å²) in [5, 5.41) is 0. The van der Waals surface area contributed by atoms with Crippen molar-refractivity contribution in [1.82, 2.24) is 0 Å². The molecule has 2 unspecified atom stereocenters. The predicted octanol–water partition coefficient (Wildman–Crippen LogP) is 21.8. The van der Waals surface area contributed by atoms with E-state index >= 15 is 0 Å². The van der Waals surface area contributed by atoms with Crippen molar-refractivity contribution >= 4 is 68.6 Å². The highest BCUT2D eigenvalue weighted by molar-refractivity contribution is 7.00. The van der Waals surface area contributed by atoms with Gasteiger partial charge in [-0.2, -0.15) is 0 Å². The van der Waals surface area contributed by atoms with Crippen LogP contribution in [0.4, 0.5) is 45.5 Å². The molecule has 2 atom stereocenters. The smallest absolute Gasteiger partial charge is 0.252 e. The second-order valence-electron chi connectivity index (χ2n) is 33.4. The first kappa shape index (κ1) is 58.8. The molecule has 0 amide bonds. The molecule has 456 valence electrons. The maximum absolute atomic E-state index is 2.87. The quantitative estimate of drug-likeness (QED) is 0.154. The van der Waals surface area contributed by atoms with Gasteiger partial charge >= 0.3 is 0 Å². The Balaban J connectivity index is 1.08. The molecule has 9 aromatic rings. The van der Waals surface area contributed by atoms with Crippen LogP contribution in [0.5, 0.6) is 0 Å². The molecule has 3 nitrogen and oxygen atoms in total. The van der Waals surface area contributed by atoms with Crippen LogP contribution >= 0.6 is 0 Å². The van der Waals surface area contributed by atoms with Gasteiger partial charge in [0, 0.05) is 50.8 Å². The summed E-state index contributed by atoms with van der Waals surface area (Å²) in [7, 11) is 0. The third-order valence-corrected chi connectivity index (χ3v) is 23.9. The van der Waals surface area contributed by atoms with Crippen molar-refractivity contribution in [3.05, 3.63) is 221 Å². The third kappa shape index (κ3) is 8.93. The zero-order valence-corrected chi connectivity index (χ0v) is 56.9. The first-order valence-corrected chi connectivity index (χ1v) is 34.2. The van der Waals surface area contributed by atoms with E-state index in [-0.39, 0.29) is 50.2 Å². The van der Waals surface area contributed by atoms with Crippen molar-refractivity contribution in [3.8, 4) is 33.4 Å². The Morgan fingerprint density at radius 3 is 1.47 bits per heavy atom. The third-order valence-electron chi connectivity index (χ3n) is 23.9. The molecule has 0 bridgehead atoms. The molecule has 1 saturated carbocycles. The lowest BCUT2D eigenvalue weighted by molar-refractivity contribution is 0.195. The van der Waals surface area contributed by atoms with Crippen molar-refractivity contribution < 1.29 is 0 Å². The summed E-state index contributed by atoms with van der Waals surface area (Å²) >= 11 is 0. The Labute approximate surface area is 540 Å². The minimum atomic E-state index is -0.221. The van der Waals surface area contributed by atoms with Gasteiger partial charge in [0.05, 0.1) is 11.2 Å². The highest BCUT2D eigenvalue weighted by Crippen LogP contribution is 2.63. The van der Waals surface area contributed by atoms with Gasteiger partial charge in [0.1, 0.15) is 0 Å². The minimum absolute atomic E-state index is 0.00962. The van der Waals surface area contributed by atoms with E-state index in [1.54, 1.807) is 0 Å². The number of hydrogen-bond donors (Lipinski definition) is 0. The highest BCUT2D eigenvalue weighted by atomic mass is 15.3. The molecule has 4 heteroatoms. The van der Waals surface area contributed by atoms with Gasteiger partial charge in [0.15, 0.2) is 0 Å². The molecular weight excluding hydrogens is 1090 g/mol. The van der Waals surface area contributed by atoms with Gasteiger partial charge in [0.2, 0.25) is 0 Å². The molecule has 15 rings (SSSR count). The molecule has 0 saturated heterocycles. The number of benzene rings is 9. The Morgan fingerprint density at radius 2 is 0.833 bits per heavy atom. The molecule has 3 aliphatic heterocycles. The number of nitrogens with zero attached hydrogens (tertiary/aromatic N) is 3. The van der Waals surface area contributed by atoms with Crippen LogP contribution in [0.3, 0.4) is 0 Å². The van der Waals surface area contributed by atoms with E-state index in [2.05, 4.69) is 307 Å². The Kier molecular flexibility index (Phi) is 13.0. The predicted molar refractivity (Wildman–Crippen MR) is 388 cm³/mol. The van der Waals surface area contributed by atoms with E-state index in [1.807, 2.05) is 0 Å². The number of fused-ring (bicyclic) bond motifs is 9. The average molecular weight is 1180 g/mol. The topological polar surface area (TPSA) is 9.72 Å². The number of anilines is 8. The molecule has 0 spiro atoms. The normalized spacial score (nSPS) is 21.3. The SMILES string of the molecule is CC(C)(C)c1ccc(-c2ccc3c(c2)C2(C)CCCCC2(C)N3c2cc3c4c(c2)N(c2ccc(C(C)(C)C)cc2-c2ccccc2)c2cc5c(cc2B4c2cc(-c4ccccc4)ccc2N3c2ccc3c(c2)C(C)(C)CCC3(C)C)C(C)(C)CCC5(C)C)cc1. The van der Waals surface area contributed by atoms with E-state index in [0.717, 1.165) is 32.1 Å². The maximum Gasteiger partial charge on any atom is 0.252 e. The first-order chi connectivity index (χ1) is 42.6. The van der Waals surface area contributed by atoms with Gasteiger partial charge in [-0.05, 0) is 222 Å². The first-order valence-electron chi connectivity index (χ1n) is 34.2. The molecule has 1 fully saturated rings.